The lowest BCUT2D eigenvalue weighted by atomic mass is 10.1. The maximum absolute atomic E-state index is 6.25. The highest BCUT2D eigenvalue weighted by Gasteiger charge is 2.20. The zero-order chi connectivity index (χ0) is 9.52. The van der Waals surface area contributed by atoms with Crippen LogP contribution in [0.2, 0.25) is 0 Å². The second-order valence-corrected chi connectivity index (χ2v) is 4.34. The summed E-state index contributed by atoms with van der Waals surface area (Å²) in [5, 5.41) is 3.71. The molecule has 0 aliphatic heterocycles. The van der Waals surface area contributed by atoms with Crippen molar-refractivity contribution in [3.8, 4) is 0 Å². The maximum atomic E-state index is 6.25. The summed E-state index contributed by atoms with van der Waals surface area (Å²) in [4.78, 5) is 0. The molecular weight excluding hydrogens is 205 g/mol. The second kappa shape index (κ2) is 6.69. The fraction of sp³-hybridized carbons (Fsp3) is 0.800. The van der Waals surface area contributed by atoms with Crippen LogP contribution in [0.15, 0.2) is 11.6 Å². The van der Waals surface area contributed by atoms with E-state index in [1.807, 2.05) is 6.08 Å². The van der Waals surface area contributed by atoms with Crippen LogP contribution in [0.4, 0.5) is 0 Å². The molecule has 0 heterocycles. The van der Waals surface area contributed by atoms with Gasteiger partial charge in [-0.2, -0.15) is 0 Å². The van der Waals surface area contributed by atoms with Gasteiger partial charge in [-0.15, -0.1) is 11.6 Å². The van der Waals surface area contributed by atoms with Crippen molar-refractivity contribution >= 4 is 23.2 Å². The number of hydrogen-bond donors (Lipinski definition) is 1. The van der Waals surface area contributed by atoms with Crippen LogP contribution in [0.5, 0.6) is 0 Å². The van der Waals surface area contributed by atoms with Gasteiger partial charge in [-0.3, -0.25) is 0 Å². The summed E-state index contributed by atoms with van der Waals surface area (Å²) < 4.78 is 0. The highest BCUT2D eigenvalue weighted by Crippen LogP contribution is 2.22. The lowest BCUT2D eigenvalue weighted by Gasteiger charge is -2.20. The largest absolute Gasteiger partial charge is 0.309 e. The average molecular weight is 222 g/mol. The highest BCUT2D eigenvalue weighted by molar-refractivity contribution is 6.25. The molecule has 1 saturated carbocycles. The first kappa shape index (κ1) is 11.4. The van der Waals surface area contributed by atoms with Crippen molar-refractivity contribution in [1.82, 2.24) is 5.32 Å². The molecule has 1 aliphatic carbocycles. The molecule has 1 fully saturated rings. The fourth-order valence-electron chi connectivity index (χ4n) is 1.76. The molecule has 13 heavy (non-hydrogen) atoms. The third kappa shape index (κ3) is 4.35. The van der Waals surface area contributed by atoms with Crippen molar-refractivity contribution in [1.29, 1.82) is 0 Å². The van der Waals surface area contributed by atoms with Gasteiger partial charge in [0.15, 0.2) is 0 Å². The van der Waals surface area contributed by atoms with Gasteiger partial charge in [-0.25, -0.2) is 0 Å². The van der Waals surface area contributed by atoms with Crippen LogP contribution in [0, 0.1) is 0 Å². The molecule has 2 unspecified atom stereocenters. The molecule has 0 spiro atoms. The van der Waals surface area contributed by atoms with Gasteiger partial charge < -0.3 is 5.32 Å². The van der Waals surface area contributed by atoms with Crippen molar-refractivity contribution < 1.29 is 0 Å². The first-order valence-corrected chi connectivity index (χ1v) is 5.84. The van der Waals surface area contributed by atoms with Crippen molar-refractivity contribution in [2.75, 3.05) is 6.54 Å². The van der Waals surface area contributed by atoms with Crippen molar-refractivity contribution in [3.63, 3.8) is 0 Å². The van der Waals surface area contributed by atoms with E-state index < -0.39 is 0 Å². The van der Waals surface area contributed by atoms with Crippen LogP contribution in [-0.2, 0) is 0 Å². The minimum absolute atomic E-state index is 0.297. The number of halogens is 2. The number of alkyl halides is 1. The summed E-state index contributed by atoms with van der Waals surface area (Å²) in [6.45, 7) is 0.831. The first-order chi connectivity index (χ1) is 6.34. The molecule has 0 saturated heterocycles. The van der Waals surface area contributed by atoms with Crippen LogP contribution in [-0.4, -0.2) is 18.0 Å². The van der Waals surface area contributed by atoms with Gasteiger partial charge in [-0.05, 0) is 12.8 Å². The number of nitrogens with one attached hydrogen (secondary N) is 1. The first-order valence-electron chi connectivity index (χ1n) is 4.97. The lowest BCUT2D eigenvalue weighted by molar-refractivity contribution is 0.488. The van der Waals surface area contributed by atoms with Gasteiger partial charge in [0.05, 0.1) is 0 Å². The fourth-order valence-corrected chi connectivity index (χ4v) is 2.21. The van der Waals surface area contributed by atoms with E-state index in [0.717, 1.165) is 13.0 Å². The van der Waals surface area contributed by atoms with E-state index in [-0.39, 0.29) is 0 Å². The molecule has 0 aromatic carbocycles. The Bertz CT molecular complexity index is 159. The molecule has 3 heteroatoms. The zero-order valence-corrected chi connectivity index (χ0v) is 9.32. The Morgan fingerprint density at radius 3 is 2.77 bits per heavy atom. The minimum atomic E-state index is 0.297. The van der Waals surface area contributed by atoms with Crippen LogP contribution >= 0.6 is 23.2 Å². The van der Waals surface area contributed by atoms with E-state index >= 15 is 0 Å². The van der Waals surface area contributed by atoms with Crippen LogP contribution < -0.4 is 5.32 Å². The van der Waals surface area contributed by atoms with Crippen molar-refractivity contribution in [3.05, 3.63) is 11.6 Å². The Kier molecular flexibility index (Phi) is 5.85. The SMILES string of the molecule is Cl/C=C/CNC1CCCCCC1Cl. The zero-order valence-electron chi connectivity index (χ0n) is 7.81. The molecule has 0 radical (unpaired) electrons. The molecule has 0 amide bonds. The predicted octanol–water partition coefficient (Wildman–Crippen LogP) is 3.27. The number of hydrogen-bond acceptors (Lipinski definition) is 1. The standard InChI is InChI=1S/C10H17Cl2N/c11-7-4-8-13-10-6-3-1-2-5-9(10)12/h4,7,9-10,13H,1-3,5-6,8H2/b7-4+. The topological polar surface area (TPSA) is 12.0 Å². The van der Waals surface area contributed by atoms with E-state index in [2.05, 4.69) is 5.32 Å². The minimum Gasteiger partial charge on any atom is -0.309 e. The van der Waals surface area contributed by atoms with Gasteiger partial charge in [-0.1, -0.05) is 36.9 Å². The third-order valence-electron chi connectivity index (χ3n) is 2.52. The van der Waals surface area contributed by atoms with E-state index in [1.54, 1.807) is 5.54 Å². The molecule has 0 aromatic rings. The monoisotopic (exact) mass is 221 g/mol. The summed E-state index contributed by atoms with van der Waals surface area (Å²) in [7, 11) is 0. The Labute approximate surface area is 90.5 Å². The molecular formula is C10H17Cl2N. The molecule has 1 N–H and O–H groups in total. The molecule has 76 valence electrons. The van der Waals surface area contributed by atoms with Gasteiger partial charge in [0, 0.05) is 23.5 Å². The summed E-state index contributed by atoms with van der Waals surface area (Å²) in [6, 6.07) is 0.469. The summed E-state index contributed by atoms with van der Waals surface area (Å²) in [5.74, 6) is 0. The van der Waals surface area contributed by atoms with Gasteiger partial charge in [0.1, 0.15) is 0 Å². The van der Waals surface area contributed by atoms with Crippen molar-refractivity contribution in [2.24, 2.45) is 0 Å². The van der Waals surface area contributed by atoms with E-state index in [4.69, 9.17) is 23.2 Å². The third-order valence-corrected chi connectivity index (χ3v) is 3.22. The molecule has 1 rings (SSSR count). The molecule has 0 aromatic heterocycles. The molecule has 1 nitrogen and oxygen atoms in total. The molecule has 1 aliphatic rings. The Morgan fingerprint density at radius 1 is 1.23 bits per heavy atom. The predicted molar refractivity (Wildman–Crippen MR) is 59.5 cm³/mol. The van der Waals surface area contributed by atoms with E-state index in [1.165, 1.54) is 25.7 Å². The quantitative estimate of drug-likeness (QED) is 0.570. The van der Waals surface area contributed by atoms with Crippen LogP contribution in [0.1, 0.15) is 32.1 Å². The maximum Gasteiger partial charge on any atom is 0.0489 e. The number of rotatable bonds is 3. The van der Waals surface area contributed by atoms with E-state index in [0.29, 0.717) is 11.4 Å². The van der Waals surface area contributed by atoms with Gasteiger partial charge in [0.25, 0.3) is 0 Å². The summed E-state index contributed by atoms with van der Waals surface area (Å²) >= 11 is 11.7. The summed E-state index contributed by atoms with van der Waals surface area (Å²) in [5.41, 5.74) is 1.55. The Balaban J connectivity index is 2.27. The van der Waals surface area contributed by atoms with Crippen LogP contribution in [0.3, 0.4) is 0 Å². The average Bonchev–Trinajstić information content (AvgIpc) is 2.32. The normalized spacial score (nSPS) is 30.6. The Morgan fingerprint density at radius 2 is 2.00 bits per heavy atom. The molecule has 0 bridgehead atoms. The van der Waals surface area contributed by atoms with Crippen molar-refractivity contribution in [2.45, 2.75) is 43.5 Å². The highest BCUT2D eigenvalue weighted by atomic mass is 35.5. The Hall–Kier alpha value is 0.280. The second-order valence-electron chi connectivity index (χ2n) is 3.53. The summed E-state index contributed by atoms with van der Waals surface area (Å²) in [6.07, 6.45) is 8.15. The smallest absolute Gasteiger partial charge is 0.0489 e. The van der Waals surface area contributed by atoms with E-state index in [9.17, 15) is 0 Å². The molecule has 2 atom stereocenters. The van der Waals surface area contributed by atoms with Crippen LogP contribution in [0.25, 0.3) is 0 Å². The van der Waals surface area contributed by atoms with Gasteiger partial charge >= 0.3 is 0 Å². The lowest BCUT2D eigenvalue weighted by Crippen LogP contribution is -2.36. The van der Waals surface area contributed by atoms with Gasteiger partial charge in [0.2, 0.25) is 0 Å².